The molecule has 0 saturated carbocycles. The Morgan fingerprint density at radius 2 is 1.60 bits per heavy atom. The zero-order valence-electron chi connectivity index (χ0n) is 13.0. The molecule has 0 aliphatic heterocycles. The number of hydrogen-bond acceptors (Lipinski definition) is 5. The maximum atomic E-state index is 5.72. The third-order valence-corrected chi connectivity index (χ3v) is 2.78. The van der Waals surface area contributed by atoms with E-state index in [9.17, 15) is 0 Å². The van der Waals surface area contributed by atoms with Crippen LogP contribution in [-0.4, -0.2) is 40.5 Å². The zero-order valence-corrected chi connectivity index (χ0v) is 13.0. The maximum Gasteiger partial charge on any atom is 0.203 e. The quantitative estimate of drug-likeness (QED) is 0.706. The van der Waals surface area contributed by atoms with Crippen LogP contribution in [0.2, 0.25) is 0 Å². The largest absolute Gasteiger partial charge is 0.493 e. The van der Waals surface area contributed by atoms with E-state index in [0.29, 0.717) is 35.6 Å². The van der Waals surface area contributed by atoms with Crippen LogP contribution in [0.1, 0.15) is 20.3 Å². The standard InChI is InChI=1S/C15H25NO4/c1-11(2)16-7-6-8-20-12-9-13(17-3)15(19-5)14(10-12)18-4/h9-11,16H,6-8H2,1-5H3. The van der Waals surface area contributed by atoms with Crippen molar-refractivity contribution in [2.45, 2.75) is 26.3 Å². The van der Waals surface area contributed by atoms with Crippen molar-refractivity contribution in [2.24, 2.45) is 0 Å². The first-order valence-electron chi connectivity index (χ1n) is 6.78. The van der Waals surface area contributed by atoms with Crippen molar-refractivity contribution in [1.82, 2.24) is 5.32 Å². The number of methoxy groups -OCH3 is 3. The fourth-order valence-corrected chi connectivity index (χ4v) is 1.79. The Kier molecular flexibility index (Phi) is 7.01. The molecular weight excluding hydrogens is 258 g/mol. The molecule has 0 unspecified atom stereocenters. The minimum atomic E-state index is 0.496. The molecule has 0 saturated heterocycles. The van der Waals surface area contributed by atoms with Gasteiger partial charge < -0.3 is 24.3 Å². The van der Waals surface area contributed by atoms with Crippen molar-refractivity contribution in [3.63, 3.8) is 0 Å². The van der Waals surface area contributed by atoms with Crippen LogP contribution in [-0.2, 0) is 0 Å². The summed E-state index contributed by atoms with van der Waals surface area (Å²) in [6.45, 7) is 5.82. The summed E-state index contributed by atoms with van der Waals surface area (Å²) < 4.78 is 21.5. The first kappa shape index (κ1) is 16.4. The van der Waals surface area contributed by atoms with Crippen molar-refractivity contribution in [3.8, 4) is 23.0 Å². The monoisotopic (exact) mass is 283 g/mol. The fourth-order valence-electron chi connectivity index (χ4n) is 1.79. The summed E-state index contributed by atoms with van der Waals surface area (Å²) in [5.41, 5.74) is 0. The van der Waals surface area contributed by atoms with E-state index in [4.69, 9.17) is 18.9 Å². The van der Waals surface area contributed by atoms with Gasteiger partial charge in [-0.2, -0.15) is 0 Å². The van der Waals surface area contributed by atoms with Crippen molar-refractivity contribution < 1.29 is 18.9 Å². The minimum Gasteiger partial charge on any atom is -0.493 e. The molecule has 1 aromatic carbocycles. The van der Waals surface area contributed by atoms with E-state index in [2.05, 4.69) is 19.2 Å². The summed E-state index contributed by atoms with van der Waals surface area (Å²) in [4.78, 5) is 0. The van der Waals surface area contributed by atoms with Gasteiger partial charge >= 0.3 is 0 Å². The normalized spacial score (nSPS) is 10.5. The van der Waals surface area contributed by atoms with E-state index in [0.717, 1.165) is 13.0 Å². The lowest BCUT2D eigenvalue weighted by molar-refractivity contribution is 0.292. The molecule has 0 aliphatic rings. The van der Waals surface area contributed by atoms with E-state index in [-0.39, 0.29) is 0 Å². The molecule has 0 heterocycles. The summed E-state index contributed by atoms with van der Waals surface area (Å²) in [7, 11) is 4.76. The molecule has 1 aromatic rings. The summed E-state index contributed by atoms with van der Waals surface area (Å²) >= 11 is 0. The van der Waals surface area contributed by atoms with Crippen LogP contribution in [0.4, 0.5) is 0 Å². The molecule has 0 atom stereocenters. The third-order valence-electron chi connectivity index (χ3n) is 2.78. The molecule has 0 spiro atoms. The molecule has 0 fully saturated rings. The smallest absolute Gasteiger partial charge is 0.203 e. The highest BCUT2D eigenvalue weighted by Crippen LogP contribution is 2.40. The summed E-state index contributed by atoms with van der Waals surface area (Å²) in [5, 5.41) is 3.35. The topological polar surface area (TPSA) is 49.0 Å². The second kappa shape index (κ2) is 8.53. The van der Waals surface area contributed by atoms with Crippen LogP contribution >= 0.6 is 0 Å². The lowest BCUT2D eigenvalue weighted by Crippen LogP contribution is -2.24. The van der Waals surface area contributed by atoms with E-state index in [1.165, 1.54) is 0 Å². The molecule has 0 bridgehead atoms. The Balaban J connectivity index is 2.62. The van der Waals surface area contributed by atoms with Gasteiger partial charge in [0.15, 0.2) is 11.5 Å². The van der Waals surface area contributed by atoms with Gasteiger partial charge in [0.2, 0.25) is 5.75 Å². The second-order valence-electron chi connectivity index (χ2n) is 4.67. The Morgan fingerprint density at radius 1 is 1.00 bits per heavy atom. The predicted octanol–water partition coefficient (Wildman–Crippen LogP) is 2.48. The van der Waals surface area contributed by atoms with Crippen LogP contribution in [0.25, 0.3) is 0 Å². The predicted molar refractivity (Wildman–Crippen MR) is 79.3 cm³/mol. The van der Waals surface area contributed by atoms with Gasteiger partial charge in [-0.15, -0.1) is 0 Å². The van der Waals surface area contributed by atoms with E-state index in [1.54, 1.807) is 33.5 Å². The summed E-state index contributed by atoms with van der Waals surface area (Å²) in [5.74, 6) is 2.48. The molecule has 0 radical (unpaired) electrons. The van der Waals surface area contributed by atoms with Crippen LogP contribution in [0.3, 0.4) is 0 Å². The van der Waals surface area contributed by atoms with Crippen molar-refractivity contribution in [3.05, 3.63) is 12.1 Å². The summed E-state index contributed by atoms with van der Waals surface area (Å²) in [6.07, 6.45) is 0.939. The zero-order chi connectivity index (χ0) is 15.0. The van der Waals surface area contributed by atoms with Gasteiger partial charge in [-0.3, -0.25) is 0 Å². The van der Waals surface area contributed by atoms with Gasteiger partial charge in [-0.1, -0.05) is 13.8 Å². The van der Waals surface area contributed by atoms with Crippen LogP contribution in [0, 0.1) is 0 Å². The minimum absolute atomic E-state index is 0.496. The van der Waals surface area contributed by atoms with E-state index >= 15 is 0 Å². The molecule has 0 aliphatic carbocycles. The van der Waals surface area contributed by atoms with Crippen LogP contribution in [0.15, 0.2) is 12.1 Å². The van der Waals surface area contributed by atoms with Gasteiger partial charge in [0.1, 0.15) is 5.75 Å². The van der Waals surface area contributed by atoms with Gasteiger partial charge in [0, 0.05) is 18.2 Å². The molecule has 1 N–H and O–H groups in total. The fraction of sp³-hybridized carbons (Fsp3) is 0.600. The Bertz CT molecular complexity index is 382. The molecular formula is C15H25NO4. The Hall–Kier alpha value is -1.62. The molecule has 5 heteroatoms. The molecule has 1 rings (SSSR count). The van der Waals surface area contributed by atoms with Crippen molar-refractivity contribution >= 4 is 0 Å². The van der Waals surface area contributed by atoms with Crippen molar-refractivity contribution in [2.75, 3.05) is 34.5 Å². The number of nitrogens with one attached hydrogen (secondary N) is 1. The number of hydrogen-bond donors (Lipinski definition) is 1. The van der Waals surface area contributed by atoms with Crippen molar-refractivity contribution in [1.29, 1.82) is 0 Å². The molecule has 5 nitrogen and oxygen atoms in total. The van der Waals surface area contributed by atoms with Gasteiger partial charge in [0.05, 0.1) is 27.9 Å². The van der Waals surface area contributed by atoms with Gasteiger partial charge in [-0.05, 0) is 13.0 Å². The van der Waals surface area contributed by atoms with E-state index < -0.39 is 0 Å². The van der Waals surface area contributed by atoms with Crippen LogP contribution in [0.5, 0.6) is 23.0 Å². The first-order chi connectivity index (χ1) is 9.62. The summed E-state index contributed by atoms with van der Waals surface area (Å²) in [6, 6.07) is 4.10. The lowest BCUT2D eigenvalue weighted by Gasteiger charge is -2.15. The second-order valence-corrected chi connectivity index (χ2v) is 4.67. The maximum absolute atomic E-state index is 5.72. The number of rotatable bonds is 9. The molecule has 114 valence electrons. The lowest BCUT2D eigenvalue weighted by atomic mass is 10.2. The van der Waals surface area contributed by atoms with E-state index in [1.807, 2.05) is 0 Å². The van der Waals surface area contributed by atoms with Gasteiger partial charge in [-0.25, -0.2) is 0 Å². The Morgan fingerprint density at radius 3 is 2.05 bits per heavy atom. The van der Waals surface area contributed by atoms with Gasteiger partial charge in [0.25, 0.3) is 0 Å². The highest BCUT2D eigenvalue weighted by Gasteiger charge is 2.13. The third kappa shape index (κ3) is 4.81. The Labute approximate surface area is 121 Å². The first-order valence-corrected chi connectivity index (χ1v) is 6.78. The molecule has 0 amide bonds. The average molecular weight is 283 g/mol. The highest BCUT2D eigenvalue weighted by molar-refractivity contribution is 5.55. The molecule has 0 aromatic heterocycles. The number of ether oxygens (including phenoxy) is 4. The average Bonchev–Trinajstić information content (AvgIpc) is 2.45. The SMILES string of the molecule is COc1cc(OCCCNC(C)C)cc(OC)c1OC. The highest BCUT2D eigenvalue weighted by atomic mass is 16.5. The van der Waals surface area contributed by atoms with Crippen LogP contribution < -0.4 is 24.3 Å². The molecule has 20 heavy (non-hydrogen) atoms. The number of benzene rings is 1.